The molecule has 0 saturated carbocycles. The predicted molar refractivity (Wildman–Crippen MR) is 116 cm³/mol. The van der Waals surface area contributed by atoms with E-state index in [0.29, 0.717) is 29.2 Å². The maximum atomic E-state index is 13.1. The first kappa shape index (κ1) is 20.1. The summed E-state index contributed by atoms with van der Waals surface area (Å²) in [6.07, 6.45) is 1.57. The largest absolute Gasteiger partial charge is 0.454 e. The SMILES string of the molecule is Cc1cc(NC(=O)CS(=O)(=O)c2cn(Cc3ccc4c(c3)OCO4)c3ccccc23)no1. The smallest absolute Gasteiger partial charge is 0.241 e. The number of rotatable bonds is 6. The minimum atomic E-state index is -3.92. The zero-order chi connectivity index (χ0) is 22.3. The minimum absolute atomic E-state index is 0.0975. The van der Waals surface area contributed by atoms with E-state index in [-0.39, 0.29) is 17.5 Å². The maximum absolute atomic E-state index is 13.1. The van der Waals surface area contributed by atoms with Crippen molar-refractivity contribution in [2.45, 2.75) is 18.4 Å². The summed E-state index contributed by atoms with van der Waals surface area (Å²) in [5, 5.41) is 6.66. The predicted octanol–water partition coefficient (Wildman–Crippen LogP) is 3.13. The van der Waals surface area contributed by atoms with Crippen LogP contribution in [-0.4, -0.2) is 36.6 Å². The molecule has 0 fully saturated rings. The van der Waals surface area contributed by atoms with Gasteiger partial charge in [-0.3, -0.25) is 4.79 Å². The number of nitrogens with zero attached hydrogens (tertiary/aromatic N) is 2. The van der Waals surface area contributed by atoms with E-state index in [1.54, 1.807) is 25.3 Å². The summed E-state index contributed by atoms with van der Waals surface area (Å²) in [7, 11) is -3.92. The Morgan fingerprint density at radius 3 is 2.75 bits per heavy atom. The third-order valence-corrected chi connectivity index (χ3v) is 6.73. The highest BCUT2D eigenvalue weighted by molar-refractivity contribution is 7.92. The van der Waals surface area contributed by atoms with Gasteiger partial charge in [0.2, 0.25) is 12.7 Å². The summed E-state index contributed by atoms with van der Waals surface area (Å²) in [5.74, 6) is 0.625. The molecule has 164 valence electrons. The summed E-state index contributed by atoms with van der Waals surface area (Å²) in [5.41, 5.74) is 1.68. The minimum Gasteiger partial charge on any atom is -0.454 e. The molecule has 4 aromatic rings. The zero-order valence-electron chi connectivity index (χ0n) is 17.1. The van der Waals surface area contributed by atoms with Gasteiger partial charge in [-0.2, -0.15) is 0 Å². The molecule has 0 bridgehead atoms. The highest BCUT2D eigenvalue weighted by Crippen LogP contribution is 2.33. The van der Waals surface area contributed by atoms with E-state index >= 15 is 0 Å². The molecule has 9 nitrogen and oxygen atoms in total. The van der Waals surface area contributed by atoms with Gasteiger partial charge in [-0.15, -0.1) is 0 Å². The molecule has 0 aliphatic carbocycles. The van der Waals surface area contributed by atoms with Crippen molar-refractivity contribution < 1.29 is 27.2 Å². The molecule has 1 amide bonds. The van der Waals surface area contributed by atoms with E-state index in [0.717, 1.165) is 11.1 Å². The average Bonchev–Trinajstić information content (AvgIpc) is 3.46. The number of aromatic nitrogens is 2. The van der Waals surface area contributed by atoms with Gasteiger partial charge in [0.15, 0.2) is 27.2 Å². The molecule has 32 heavy (non-hydrogen) atoms. The number of aryl methyl sites for hydroxylation is 1. The van der Waals surface area contributed by atoms with Crippen LogP contribution in [0.3, 0.4) is 0 Å². The van der Waals surface area contributed by atoms with Gasteiger partial charge in [-0.25, -0.2) is 8.42 Å². The number of carbonyl (C=O) groups excluding carboxylic acids is 1. The second-order valence-electron chi connectivity index (χ2n) is 7.46. The van der Waals surface area contributed by atoms with Crippen LogP contribution in [-0.2, 0) is 21.2 Å². The van der Waals surface area contributed by atoms with Crippen LogP contribution < -0.4 is 14.8 Å². The van der Waals surface area contributed by atoms with Gasteiger partial charge in [0.1, 0.15) is 11.5 Å². The van der Waals surface area contributed by atoms with E-state index in [1.165, 1.54) is 6.07 Å². The first-order valence-corrected chi connectivity index (χ1v) is 11.5. The molecule has 1 N–H and O–H groups in total. The number of nitrogens with one attached hydrogen (secondary N) is 1. The fourth-order valence-corrected chi connectivity index (χ4v) is 5.05. The number of sulfone groups is 1. The molecule has 0 unspecified atom stereocenters. The Morgan fingerprint density at radius 2 is 1.94 bits per heavy atom. The van der Waals surface area contributed by atoms with Crippen molar-refractivity contribution in [1.82, 2.24) is 9.72 Å². The van der Waals surface area contributed by atoms with Crippen molar-refractivity contribution in [1.29, 1.82) is 0 Å². The molecular weight excluding hydrogens is 434 g/mol. The fourth-order valence-electron chi connectivity index (χ4n) is 3.68. The Morgan fingerprint density at radius 1 is 1.12 bits per heavy atom. The second-order valence-corrected chi connectivity index (χ2v) is 9.41. The van der Waals surface area contributed by atoms with Crippen LogP contribution in [0.5, 0.6) is 11.5 Å². The Balaban J connectivity index is 1.44. The summed E-state index contributed by atoms with van der Waals surface area (Å²) in [6, 6.07) is 14.3. The van der Waals surface area contributed by atoms with Crippen LogP contribution in [0.1, 0.15) is 11.3 Å². The van der Waals surface area contributed by atoms with Crippen LogP contribution in [0.15, 0.2) is 64.1 Å². The lowest BCUT2D eigenvalue weighted by Gasteiger charge is -2.06. The third-order valence-electron chi connectivity index (χ3n) is 5.09. The Bertz CT molecular complexity index is 1440. The molecule has 0 saturated heterocycles. The Labute approximate surface area is 183 Å². The number of carbonyl (C=O) groups is 1. The van der Waals surface area contributed by atoms with Crippen LogP contribution in [0.25, 0.3) is 10.9 Å². The molecule has 2 aromatic heterocycles. The highest BCUT2D eigenvalue weighted by Gasteiger charge is 2.25. The molecule has 0 atom stereocenters. The number of ether oxygens (including phenoxy) is 2. The number of amides is 1. The van der Waals surface area contributed by atoms with Crippen LogP contribution >= 0.6 is 0 Å². The van der Waals surface area contributed by atoms with Gasteiger partial charge in [-0.1, -0.05) is 29.4 Å². The van der Waals surface area contributed by atoms with E-state index in [9.17, 15) is 13.2 Å². The zero-order valence-corrected chi connectivity index (χ0v) is 17.9. The number of hydrogen-bond donors (Lipinski definition) is 1. The molecule has 10 heteroatoms. The van der Waals surface area contributed by atoms with E-state index in [2.05, 4.69) is 10.5 Å². The second kappa shape index (κ2) is 7.72. The van der Waals surface area contributed by atoms with Gasteiger partial charge >= 0.3 is 0 Å². The van der Waals surface area contributed by atoms with Crippen molar-refractivity contribution in [3.63, 3.8) is 0 Å². The van der Waals surface area contributed by atoms with Crippen molar-refractivity contribution in [3.8, 4) is 11.5 Å². The summed E-state index contributed by atoms with van der Waals surface area (Å²) in [4.78, 5) is 12.4. The van der Waals surface area contributed by atoms with Gasteiger partial charge in [0.25, 0.3) is 0 Å². The average molecular weight is 453 g/mol. The number of benzene rings is 2. The summed E-state index contributed by atoms with van der Waals surface area (Å²) < 4.78 is 43.8. The molecule has 3 heterocycles. The number of anilines is 1. The summed E-state index contributed by atoms with van der Waals surface area (Å²) in [6.45, 7) is 2.29. The molecule has 2 aromatic carbocycles. The van der Waals surface area contributed by atoms with Gasteiger partial charge in [0, 0.05) is 29.7 Å². The molecule has 0 radical (unpaired) electrons. The number of para-hydroxylation sites is 1. The van der Waals surface area contributed by atoms with Crippen LogP contribution in [0.2, 0.25) is 0 Å². The van der Waals surface area contributed by atoms with Crippen LogP contribution in [0.4, 0.5) is 5.82 Å². The first-order chi connectivity index (χ1) is 15.4. The highest BCUT2D eigenvalue weighted by atomic mass is 32.2. The molecule has 1 aliphatic heterocycles. The van der Waals surface area contributed by atoms with E-state index in [4.69, 9.17) is 14.0 Å². The third kappa shape index (κ3) is 3.80. The lowest BCUT2D eigenvalue weighted by molar-refractivity contribution is -0.113. The van der Waals surface area contributed by atoms with Crippen molar-refractivity contribution in [3.05, 3.63) is 66.1 Å². The number of fused-ring (bicyclic) bond motifs is 2. The maximum Gasteiger partial charge on any atom is 0.241 e. The molecule has 1 aliphatic rings. The molecule has 5 rings (SSSR count). The standard InChI is InChI=1S/C22H19N3O6S/c1-14-8-21(24-31-14)23-22(26)12-32(27,28)20-11-25(17-5-3-2-4-16(17)20)10-15-6-7-18-19(9-15)30-13-29-18/h2-9,11H,10,12-13H2,1H3,(H,23,24,26). The lowest BCUT2D eigenvalue weighted by atomic mass is 10.2. The first-order valence-electron chi connectivity index (χ1n) is 9.81. The van der Waals surface area contributed by atoms with E-state index in [1.807, 2.05) is 34.9 Å². The quantitative estimate of drug-likeness (QED) is 0.477. The van der Waals surface area contributed by atoms with Crippen molar-refractivity contribution in [2.75, 3.05) is 17.9 Å². The topological polar surface area (TPSA) is 113 Å². The van der Waals surface area contributed by atoms with Gasteiger partial charge in [-0.05, 0) is 30.7 Å². The van der Waals surface area contributed by atoms with Gasteiger partial charge in [0.05, 0.1) is 4.90 Å². The number of hydrogen-bond acceptors (Lipinski definition) is 7. The Kier molecular flexibility index (Phi) is 4.86. The van der Waals surface area contributed by atoms with E-state index < -0.39 is 21.5 Å². The molecular formula is C22H19N3O6S. The van der Waals surface area contributed by atoms with Crippen LogP contribution in [0, 0.1) is 6.92 Å². The van der Waals surface area contributed by atoms with Crippen molar-refractivity contribution >= 4 is 32.5 Å². The lowest BCUT2D eigenvalue weighted by Crippen LogP contribution is -2.23. The normalized spacial score (nSPS) is 12.9. The summed E-state index contributed by atoms with van der Waals surface area (Å²) >= 11 is 0. The molecule has 0 spiro atoms. The fraction of sp³-hybridized carbons (Fsp3) is 0.182. The Hall–Kier alpha value is -3.79. The van der Waals surface area contributed by atoms with Gasteiger partial charge < -0.3 is 23.9 Å². The van der Waals surface area contributed by atoms with Crippen molar-refractivity contribution in [2.24, 2.45) is 0 Å². The monoisotopic (exact) mass is 453 g/mol.